The highest BCUT2D eigenvalue weighted by molar-refractivity contribution is 6.02. The van der Waals surface area contributed by atoms with E-state index in [9.17, 15) is 18.8 Å². The number of nitrogens with zero attached hydrogens (tertiary/aromatic N) is 4. The average molecular weight is 531 g/mol. The molecule has 9 nitrogen and oxygen atoms in total. The van der Waals surface area contributed by atoms with Gasteiger partial charge < -0.3 is 10.6 Å². The molecule has 1 atom stereocenters. The molecule has 4 aromatic rings. The lowest BCUT2D eigenvalue weighted by molar-refractivity contribution is -0.127. The van der Waals surface area contributed by atoms with Gasteiger partial charge in [-0.05, 0) is 66.4 Å². The Labute approximate surface area is 226 Å². The van der Waals surface area contributed by atoms with Gasteiger partial charge in [0.2, 0.25) is 17.7 Å². The molecule has 1 heterocycles. The number of amides is 3. The fraction of sp³-hybridized carbons (Fsp3) is 0.276. The van der Waals surface area contributed by atoms with E-state index in [-0.39, 0.29) is 12.5 Å². The zero-order valence-electron chi connectivity index (χ0n) is 22.1. The molecule has 0 saturated carbocycles. The third-order valence-electron chi connectivity index (χ3n) is 6.15. The van der Waals surface area contributed by atoms with E-state index in [1.807, 2.05) is 18.2 Å². The Morgan fingerprint density at radius 3 is 2.33 bits per heavy atom. The first-order chi connectivity index (χ1) is 18.7. The summed E-state index contributed by atoms with van der Waals surface area (Å²) in [5, 5.41) is 13.9. The minimum Gasteiger partial charge on any atom is -0.354 e. The Hall–Kier alpha value is -4.60. The van der Waals surface area contributed by atoms with E-state index in [1.165, 1.54) is 40.8 Å². The highest BCUT2D eigenvalue weighted by Gasteiger charge is 2.33. The van der Waals surface area contributed by atoms with Gasteiger partial charge in [0, 0.05) is 24.8 Å². The lowest BCUT2D eigenvalue weighted by Gasteiger charge is -2.32. The van der Waals surface area contributed by atoms with Crippen LogP contribution in [0.3, 0.4) is 0 Å². The molecular weight excluding hydrogens is 499 g/mol. The van der Waals surface area contributed by atoms with Crippen molar-refractivity contribution < 1.29 is 18.8 Å². The van der Waals surface area contributed by atoms with Gasteiger partial charge in [0.1, 0.15) is 23.9 Å². The number of fused-ring (bicyclic) bond motifs is 1. The molecule has 0 saturated heterocycles. The van der Waals surface area contributed by atoms with Gasteiger partial charge in [-0.1, -0.05) is 43.3 Å². The third kappa shape index (κ3) is 6.84. The van der Waals surface area contributed by atoms with Crippen LogP contribution in [0.2, 0.25) is 0 Å². The number of hydrogen-bond acceptors (Lipinski definition) is 5. The quantitative estimate of drug-likeness (QED) is 0.315. The Bertz CT molecular complexity index is 1450. The van der Waals surface area contributed by atoms with Crippen LogP contribution in [0, 0.1) is 11.7 Å². The van der Waals surface area contributed by atoms with Gasteiger partial charge in [-0.2, -0.15) is 0 Å². The van der Waals surface area contributed by atoms with E-state index in [4.69, 9.17) is 0 Å². The molecule has 39 heavy (non-hydrogen) atoms. The smallest absolute Gasteiger partial charge is 0.249 e. The summed E-state index contributed by atoms with van der Waals surface area (Å²) in [6, 6.07) is 18.3. The molecule has 0 fully saturated rings. The van der Waals surface area contributed by atoms with Crippen LogP contribution in [0.4, 0.5) is 15.8 Å². The highest BCUT2D eigenvalue weighted by Crippen LogP contribution is 2.30. The monoisotopic (exact) mass is 530 g/mol. The lowest BCUT2D eigenvalue weighted by atomic mass is 10.0. The van der Waals surface area contributed by atoms with Crippen molar-refractivity contribution in [2.24, 2.45) is 5.92 Å². The summed E-state index contributed by atoms with van der Waals surface area (Å²) in [4.78, 5) is 40.6. The summed E-state index contributed by atoms with van der Waals surface area (Å²) in [5.41, 5.74) is 2.72. The van der Waals surface area contributed by atoms with E-state index < -0.39 is 23.7 Å². The first-order valence-corrected chi connectivity index (χ1v) is 12.7. The Morgan fingerprint density at radius 2 is 1.67 bits per heavy atom. The number of anilines is 2. The van der Waals surface area contributed by atoms with Crippen molar-refractivity contribution in [3.05, 3.63) is 84.2 Å². The van der Waals surface area contributed by atoms with Gasteiger partial charge in [-0.15, -0.1) is 5.10 Å². The van der Waals surface area contributed by atoms with Crippen molar-refractivity contribution in [3.8, 4) is 0 Å². The van der Waals surface area contributed by atoms with E-state index >= 15 is 0 Å². The molecule has 0 aliphatic rings. The number of carbonyl (C=O) groups excluding carboxylic acids is 3. The lowest BCUT2D eigenvalue weighted by Crippen LogP contribution is -2.45. The molecule has 0 spiro atoms. The fourth-order valence-electron chi connectivity index (χ4n) is 4.23. The predicted molar refractivity (Wildman–Crippen MR) is 147 cm³/mol. The molecule has 4 rings (SSSR count). The van der Waals surface area contributed by atoms with E-state index in [2.05, 4.69) is 34.8 Å². The molecule has 0 bridgehead atoms. The van der Waals surface area contributed by atoms with Gasteiger partial charge >= 0.3 is 0 Å². The number of nitrogens with one attached hydrogen (secondary N) is 2. The molecule has 0 radical (unpaired) electrons. The zero-order chi connectivity index (χ0) is 27.9. The average Bonchev–Trinajstić information content (AvgIpc) is 3.30. The van der Waals surface area contributed by atoms with Crippen LogP contribution < -0.4 is 15.5 Å². The van der Waals surface area contributed by atoms with Gasteiger partial charge in [-0.3, -0.25) is 19.3 Å². The summed E-state index contributed by atoms with van der Waals surface area (Å²) in [6.45, 7) is 5.74. The number of carbonyl (C=O) groups is 3. The van der Waals surface area contributed by atoms with Crippen molar-refractivity contribution in [1.29, 1.82) is 0 Å². The van der Waals surface area contributed by atoms with E-state index in [1.54, 1.807) is 30.3 Å². The van der Waals surface area contributed by atoms with Crippen LogP contribution >= 0.6 is 0 Å². The first-order valence-electron chi connectivity index (χ1n) is 12.7. The SMILES string of the molecule is CC(=O)Nc1ccc(N(C(=O)Cn2nnc3ccccc32)[C@@H](C(=O)NCCC(C)C)c2ccc(F)cc2)cc1. The number of hydrogen-bond donors (Lipinski definition) is 2. The number of para-hydroxylation sites is 1. The zero-order valence-corrected chi connectivity index (χ0v) is 22.1. The minimum absolute atomic E-state index is 0.190. The molecule has 0 aliphatic carbocycles. The Balaban J connectivity index is 1.76. The van der Waals surface area contributed by atoms with Crippen molar-refractivity contribution in [3.63, 3.8) is 0 Å². The molecule has 202 valence electrons. The fourth-order valence-corrected chi connectivity index (χ4v) is 4.23. The molecule has 1 aromatic heterocycles. The van der Waals surface area contributed by atoms with Crippen molar-refractivity contribution in [1.82, 2.24) is 20.3 Å². The van der Waals surface area contributed by atoms with Gasteiger partial charge in [0.25, 0.3) is 0 Å². The Kier molecular flexibility index (Phi) is 8.65. The standard InChI is InChI=1S/C29H31FN6O3/c1-19(2)16-17-31-29(39)28(21-8-10-22(30)11-9-21)36(24-14-12-23(13-15-24)32-20(3)37)27(38)18-35-26-7-5-4-6-25(26)33-34-35/h4-15,19,28H,16-18H2,1-3H3,(H,31,39)(H,32,37)/t28-/m1/s1. The number of benzene rings is 3. The molecule has 10 heteroatoms. The van der Waals surface area contributed by atoms with E-state index in [0.717, 1.165) is 6.42 Å². The second-order valence-electron chi connectivity index (χ2n) is 9.66. The van der Waals surface area contributed by atoms with Crippen molar-refractivity contribution in [2.45, 2.75) is 39.8 Å². The summed E-state index contributed by atoms with van der Waals surface area (Å²) in [6.07, 6.45) is 0.756. The van der Waals surface area contributed by atoms with Crippen LogP contribution in [0.25, 0.3) is 11.0 Å². The second-order valence-corrected chi connectivity index (χ2v) is 9.66. The maximum atomic E-state index is 14.0. The highest BCUT2D eigenvalue weighted by atomic mass is 19.1. The molecule has 2 N–H and O–H groups in total. The first kappa shape index (κ1) is 27.4. The summed E-state index contributed by atoms with van der Waals surface area (Å²) >= 11 is 0. The van der Waals surface area contributed by atoms with Gasteiger partial charge in [0.05, 0.1) is 5.52 Å². The van der Waals surface area contributed by atoms with Gasteiger partial charge in [0.15, 0.2) is 0 Å². The van der Waals surface area contributed by atoms with Crippen LogP contribution in [0.5, 0.6) is 0 Å². The maximum absolute atomic E-state index is 14.0. The number of rotatable bonds is 10. The minimum atomic E-state index is -1.09. The molecule has 0 unspecified atom stereocenters. The van der Waals surface area contributed by atoms with Crippen LogP contribution in [0.1, 0.15) is 38.8 Å². The Morgan fingerprint density at radius 1 is 0.974 bits per heavy atom. The molecule has 3 amide bonds. The third-order valence-corrected chi connectivity index (χ3v) is 6.15. The molecule has 3 aromatic carbocycles. The second kappa shape index (κ2) is 12.3. The van der Waals surface area contributed by atoms with Crippen LogP contribution in [-0.4, -0.2) is 39.3 Å². The van der Waals surface area contributed by atoms with Crippen LogP contribution in [0.15, 0.2) is 72.8 Å². The number of halogens is 1. The normalized spacial score (nSPS) is 11.8. The summed E-state index contributed by atoms with van der Waals surface area (Å²) < 4.78 is 15.3. The molecular formula is C29H31FN6O3. The summed E-state index contributed by atoms with van der Waals surface area (Å²) in [7, 11) is 0. The molecule has 0 aliphatic heterocycles. The number of aromatic nitrogens is 3. The van der Waals surface area contributed by atoms with E-state index in [0.29, 0.717) is 40.4 Å². The summed E-state index contributed by atoms with van der Waals surface area (Å²) in [5.74, 6) is -1.14. The maximum Gasteiger partial charge on any atom is 0.249 e. The topological polar surface area (TPSA) is 109 Å². The predicted octanol–water partition coefficient (Wildman–Crippen LogP) is 4.47. The van der Waals surface area contributed by atoms with Crippen molar-refractivity contribution in [2.75, 3.05) is 16.8 Å². The van der Waals surface area contributed by atoms with Crippen molar-refractivity contribution >= 4 is 40.1 Å². The van der Waals surface area contributed by atoms with Gasteiger partial charge in [-0.25, -0.2) is 9.07 Å². The largest absolute Gasteiger partial charge is 0.354 e. The van der Waals surface area contributed by atoms with Crippen LogP contribution in [-0.2, 0) is 20.9 Å².